The topological polar surface area (TPSA) is 21.3 Å². The zero-order valence-electron chi connectivity index (χ0n) is 10.7. The number of hydrogen-bond donors (Lipinski definition) is 1. The number of hydrogen-bond acceptors (Lipinski definition) is 2. The van der Waals surface area contributed by atoms with Crippen molar-refractivity contribution in [3.05, 3.63) is 0 Å². The van der Waals surface area contributed by atoms with Crippen LogP contribution in [-0.2, 0) is 4.74 Å². The Morgan fingerprint density at radius 1 is 1.07 bits per heavy atom. The van der Waals surface area contributed by atoms with Gasteiger partial charge in [0.05, 0.1) is 13.2 Å². The molecule has 0 saturated carbocycles. The molecule has 2 nitrogen and oxygen atoms in total. The summed E-state index contributed by atoms with van der Waals surface area (Å²) in [7, 11) is 0. The van der Waals surface area contributed by atoms with Gasteiger partial charge in [0.25, 0.3) is 0 Å². The lowest BCUT2D eigenvalue weighted by Crippen LogP contribution is -2.40. The third-order valence-electron chi connectivity index (χ3n) is 2.27. The second-order valence-corrected chi connectivity index (χ2v) is 5.78. The summed E-state index contributed by atoms with van der Waals surface area (Å²) in [5, 5.41) is 3.47. The quantitative estimate of drug-likeness (QED) is 0.667. The van der Waals surface area contributed by atoms with Crippen LogP contribution in [0, 0.1) is 5.41 Å². The standard InChI is InChI=1S/C12H27NO/c1-7-12(5,6)13-8-9-14-10-11(2,3)4/h13H,7-10H2,1-6H3. The minimum Gasteiger partial charge on any atom is -0.380 e. The van der Waals surface area contributed by atoms with Gasteiger partial charge >= 0.3 is 0 Å². The van der Waals surface area contributed by atoms with Gasteiger partial charge in [-0.2, -0.15) is 0 Å². The van der Waals surface area contributed by atoms with E-state index in [9.17, 15) is 0 Å². The lowest BCUT2D eigenvalue weighted by molar-refractivity contribution is 0.0697. The Labute approximate surface area is 89.4 Å². The first kappa shape index (κ1) is 13.9. The monoisotopic (exact) mass is 201 g/mol. The minimum absolute atomic E-state index is 0.241. The van der Waals surface area contributed by atoms with Crippen molar-refractivity contribution in [3.63, 3.8) is 0 Å². The van der Waals surface area contributed by atoms with Gasteiger partial charge in [-0.25, -0.2) is 0 Å². The normalized spacial score (nSPS) is 13.3. The zero-order valence-corrected chi connectivity index (χ0v) is 10.7. The summed E-state index contributed by atoms with van der Waals surface area (Å²) in [5.41, 5.74) is 0.519. The molecular formula is C12H27NO. The molecule has 0 aliphatic rings. The smallest absolute Gasteiger partial charge is 0.0591 e. The molecule has 0 rings (SSSR count). The van der Waals surface area contributed by atoms with Crippen LogP contribution in [0.5, 0.6) is 0 Å². The van der Waals surface area contributed by atoms with Gasteiger partial charge in [-0.05, 0) is 25.7 Å². The van der Waals surface area contributed by atoms with Crippen LogP contribution in [-0.4, -0.2) is 25.3 Å². The molecule has 0 spiro atoms. The molecule has 86 valence electrons. The van der Waals surface area contributed by atoms with Gasteiger partial charge in [-0.1, -0.05) is 27.7 Å². The second kappa shape index (κ2) is 5.72. The fourth-order valence-electron chi connectivity index (χ4n) is 0.965. The first-order valence-electron chi connectivity index (χ1n) is 5.60. The van der Waals surface area contributed by atoms with Crippen molar-refractivity contribution in [1.82, 2.24) is 5.32 Å². The molecule has 2 heteroatoms. The van der Waals surface area contributed by atoms with Crippen molar-refractivity contribution in [1.29, 1.82) is 0 Å². The molecule has 0 aliphatic carbocycles. The summed E-state index contributed by atoms with van der Waals surface area (Å²) < 4.78 is 5.58. The van der Waals surface area contributed by atoms with Crippen LogP contribution in [0.3, 0.4) is 0 Å². The van der Waals surface area contributed by atoms with E-state index < -0.39 is 0 Å². The molecule has 0 atom stereocenters. The average Bonchev–Trinajstić information content (AvgIpc) is 2.01. The van der Waals surface area contributed by atoms with Gasteiger partial charge in [0.15, 0.2) is 0 Å². The maximum absolute atomic E-state index is 5.58. The summed E-state index contributed by atoms with van der Waals surface area (Å²) in [6.45, 7) is 15.8. The van der Waals surface area contributed by atoms with E-state index in [1.165, 1.54) is 0 Å². The highest BCUT2D eigenvalue weighted by Crippen LogP contribution is 2.12. The summed E-state index contributed by atoms with van der Waals surface area (Å²) >= 11 is 0. The van der Waals surface area contributed by atoms with Crippen molar-refractivity contribution in [2.45, 2.75) is 53.5 Å². The van der Waals surface area contributed by atoms with Gasteiger partial charge in [0.1, 0.15) is 0 Å². The maximum Gasteiger partial charge on any atom is 0.0591 e. The Kier molecular flexibility index (Phi) is 5.68. The van der Waals surface area contributed by atoms with Crippen LogP contribution in [0.15, 0.2) is 0 Å². The Morgan fingerprint density at radius 2 is 1.64 bits per heavy atom. The fraction of sp³-hybridized carbons (Fsp3) is 1.00. The molecular weight excluding hydrogens is 174 g/mol. The molecule has 14 heavy (non-hydrogen) atoms. The molecule has 1 N–H and O–H groups in total. The number of ether oxygens (including phenoxy) is 1. The summed E-state index contributed by atoms with van der Waals surface area (Å²) in [4.78, 5) is 0. The predicted octanol–water partition coefficient (Wildman–Crippen LogP) is 2.83. The fourth-order valence-corrected chi connectivity index (χ4v) is 0.965. The van der Waals surface area contributed by atoms with E-state index in [1.807, 2.05) is 0 Å². The van der Waals surface area contributed by atoms with E-state index in [0.717, 1.165) is 26.2 Å². The Balaban J connectivity index is 3.39. The molecule has 0 aromatic heterocycles. The largest absolute Gasteiger partial charge is 0.380 e. The predicted molar refractivity (Wildman–Crippen MR) is 62.6 cm³/mol. The van der Waals surface area contributed by atoms with Gasteiger partial charge in [-0.3, -0.25) is 0 Å². The van der Waals surface area contributed by atoms with E-state index in [-0.39, 0.29) is 11.0 Å². The SMILES string of the molecule is CCC(C)(C)NCCOCC(C)(C)C. The van der Waals surface area contributed by atoms with Gasteiger partial charge in [0.2, 0.25) is 0 Å². The highest BCUT2D eigenvalue weighted by atomic mass is 16.5. The van der Waals surface area contributed by atoms with E-state index >= 15 is 0 Å². The van der Waals surface area contributed by atoms with Crippen LogP contribution < -0.4 is 5.32 Å². The molecule has 0 unspecified atom stereocenters. The summed E-state index contributed by atoms with van der Waals surface area (Å²) in [6, 6.07) is 0. The highest BCUT2D eigenvalue weighted by molar-refractivity contribution is 4.74. The van der Waals surface area contributed by atoms with Crippen LogP contribution >= 0.6 is 0 Å². The molecule has 0 fully saturated rings. The van der Waals surface area contributed by atoms with E-state index in [4.69, 9.17) is 4.74 Å². The van der Waals surface area contributed by atoms with Crippen molar-refractivity contribution in [2.75, 3.05) is 19.8 Å². The molecule has 0 aromatic carbocycles. The summed E-state index contributed by atoms with van der Waals surface area (Å²) in [6.07, 6.45) is 1.15. The molecule has 0 aromatic rings. The number of rotatable bonds is 6. The van der Waals surface area contributed by atoms with Gasteiger partial charge in [-0.15, -0.1) is 0 Å². The first-order chi connectivity index (χ1) is 6.27. The molecule has 0 radical (unpaired) electrons. The third-order valence-corrected chi connectivity index (χ3v) is 2.27. The Hall–Kier alpha value is -0.0800. The van der Waals surface area contributed by atoms with E-state index in [1.54, 1.807) is 0 Å². The van der Waals surface area contributed by atoms with Crippen molar-refractivity contribution in [3.8, 4) is 0 Å². The summed E-state index contributed by atoms with van der Waals surface area (Å²) in [5.74, 6) is 0. The van der Waals surface area contributed by atoms with Crippen molar-refractivity contribution in [2.24, 2.45) is 5.41 Å². The van der Waals surface area contributed by atoms with Gasteiger partial charge in [0, 0.05) is 12.1 Å². The van der Waals surface area contributed by atoms with Crippen molar-refractivity contribution >= 4 is 0 Å². The molecule has 0 saturated heterocycles. The first-order valence-corrected chi connectivity index (χ1v) is 5.60. The van der Waals surface area contributed by atoms with Crippen LogP contribution in [0.1, 0.15) is 48.0 Å². The van der Waals surface area contributed by atoms with E-state index in [2.05, 4.69) is 46.9 Å². The van der Waals surface area contributed by atoms with Crippen molar-refractivity contribution < 1.29 is 4.74 Å². The number of nitrogens with one attached hydrogen (secondary N) is 1. The Morgan fingerprint density at radius 3 is 2.07 bits per heavy atom. The Bertz CT molecular complexity index is 147. The molecule has 0 heterocycles. The lowest BCUT2D eigenvalue weighted by atomic mass is 9.99. The van der Waals surface area contributed by atoms with Gasteiger partial charge < -0.3 is 10.1 Å². The highest BCUT2D eigenvalue weighted by Gasteiger charge is 2.13. The molecule has 0 amide bonds. The maximum atomic E-state index is 5.58. The van der Waals surface area contributed by atoms with E-state index in [0.29, 0.717) is 0 Å². The zero-order chi connectivity index (χ0) is 11.2. The average molecular weight is 201 g/mol. The molecule has 0 aliphatic heterocycles. The minimum atomic E-state index is 0.241. The van der Waals surface area contributed by atoms with Crippen LogP contribution in [0.4, 0.5) is 0 Å². The second-order valence-electron chi connectivity index (χ2n) is 5.78. The lowest BCUT2D eigenvalue weighted by Gasteiger charge is -2.25. The van der Waals surface area contributed by atoms with Crippen LogP contribution in [0.2, 0.25) is 0 Å². The van der Waals surface area contributed by atoms with Crippen LogP contribution in [0.25, 0.3) is 0 Å². The molecule has 0 bridgehead atoms. The third kappa shape index (κ3) is 8.52.